The number of carbonyl (C=O) groups is 2. The fourth-order valence-corrected chi connectivity index (χ4v) is 3.65. The molecule has 0 saturated carbocycles. The lowest BCUT2D eigenvalue weighted by Gasteiger charge is -2.16. The van der Waals surface area contributed by atoms with Crippen LogP contribution in [0.5, 0.6) is 11.8 Å². The van der Waals surface area contributed by atoms with E-state index in [1.165, 1.54) is 0 Å². The third kappa shape index (κ3) is 4.83. The molecule has 2 amide bonds. The number of aliphatic hydroxyl groups is 6. The third-order valence-electron chi connectivity index (χ3n) is 5.58. The van der Waals surface area contributed by atoms with E-state index in [9.17, 15) is 40.2 Å². The zero-order chi connectivity index (χ0) is 26.9. The first-order chi connectivity index (χ1) is 16.9. The summed E-state index contributed by atoms with van der Waals surface area (Å²) in [6.45, 7) is -0.986. The highest BCUT2D eigenvalue weighted by atomic mass is 16.6. The van der Waals surface area contributed by atoms with Gasteiger partial charge in [0.05, 0.1) is 13.2 Å². The summed E-state index contributed by atoms with van der Waals surface area (Å²) in [5, 5.41) is 75.8. The van der Waals surface area contributed by atoms with E-state index in [0.717, 1.165) is 21.8 Å². The summed E-state index contributed by atoms with van der Waals surface area (Å²) >= 11 is 0. The fraction of sp³-hybridized carbons (Fsp3) is 0.556. The number of aromatic nitrogens is 4. The Labute approximate surface area is 201 Å². The van der Waals surface area contributed by atoms with Crippen molar-refractivity contribution >= 4 is 11.8 Å². The number of carbonyl (C=O) groups excluding carboxylic acids is 2. The number of aliphatic hydroxyl groups excluding tert-OH is 6. The summed E-state index contributed by atoms with van der Waals surface area (Å²) in [5.41, 5.74) is 9.21. The van der Waals surface area contributed by atoms with Gasteiger partial charge in [0.25, 0.3) is 11.8 Å². The maximum atomic E-state index is 10.9. The van der Waals surface area contributed by atoms with Crippen LogP contribution >= 0.6 is 0 Å². The molecule has 2 aliphatic heterocycles. The van der Waals surface area contributed by atoms with Crippen LogP contribution in [0.15, 0.2) is 12.7 Å². The van der Waals surface area contributed by atoms with Gasteiger partial charge in [-0.25, -0.2) is 9.97 Å². The van der Waals surface area contributed by atoms with Crippen molar-refractivity contribution in [3.05, 3.63) is 24.0 Å². The van der Waals surface area contributed by atoms with E-state index in [1.54, 1.807) is 0 Å². The van der Waals surface area contributed by atoms with Gasteiger partial charge >= 0.3 is 0 Å². The molecular weight excluding hydrogens is 492 g/mol. The molecule has 0 aromatic carbocycles. The van der Waals surface area contributed by atoms with E-state index >= 15 is 0 Å². The number of primary amides is 2. The van der Waals surface area contributed by atoms with Crippen molar-refractivity contribution in [2.45, 2.75) is 49.1 Å². The second kappa shape index (κ2) is 10.7. The Kier molecular flexibility index (Phi) is 8.11. The lowest BCUT2D eigenvalue weighted by atomic mass is 10.1. The van der Waals surface area contributed by atoms with Crippen LogP contribution in [0.2, 0.25) is 0 Å². The summed E-state index contributed by atoms with van der Waals surface area (Å²) in [6.07, 6.45) is -7.53. The van der Waals surface area contributed by atoms with Crippen LogP contribution in [0, 0.1) is 0 Å². The van der Waals surface area contributed by atoms with Gasteiger partial charge < -0.3 is 61.8 Å². The average Bonchev–Trinajstić information content (AvgIpc) is 3.55. The van der Waals surface area contributed by atoms with E-state index in [2.05, 4.69) is 9.97 Å². The summed E-state index contributed by atoms with van der Waals surface area (Å²) in [7, 11) is 0. The van der Waals surface area contributed by atoms with Gasteiger partial charge in [-0.3, -0.25) is 18.7 Å². The quantitative estimate of drug-likeness (QED) is 0.171. The van der Waals surface area contributed by atoms with E-state index in [0.29, 0.717) is 0 Å². The maximum absolute atomic E-state index is 10.9. The zero-order valence-electron chi connectivity index (χ0n) is 18.3. The molecule has 2 aliphatic rings. The number of hydrogen-bond acceptors (Lipinski definition) is 14. The van der Waals surface area contributed by atoms with Crippen molar-refractivity contribution in [3.63, 3.8) is 0 Å². The predicted molar refractivity (Wildman–Crippen MR) is 111 cm³/mol. The van der Waals surface area contributed by atoms with Gasteiger partial charge in [0, 0.05) is 0 Å². The van der Waals surface area contributed by atoms with Crippen molar-refractivity contribution in [3.8, 4) is 11.8 Å². The van der Waals surface area contributed by atoms with Crippen LogP contribution < -0.4 is 11.5 Å². The number of imidazole rings is 2. The van der Waals surface area contributed by atoms with E-state index in [4.69, 9.17) is 31.2 Å². The Morgan fingerprint density at radius 3 is 1.31 bits per heavy atom. The maximum Gasteiger partial charge on any atom is 0.272 e. The molecule has 200 valence electrons. The summed E-state index contributed by atoms with van der Waals surface area (Å²) in [5.74, 6) is -3.01. The number of nitrogens with two attached hydrogens (primary N) is 2. The molecule has 4 rings (SSSR count). The van der Waals surface area contributed by atoms with Gasteiger partial charge in [-0.1, -0.05) is 0 Å². The lowest BCUT2D eigenvalue weighted by molar-refractivity contribution is -0.0553. The Morgan fingerprint density at radius 1 is 0.750 bits per heavy atom. The van der Waals surface area contributed by atoms with E-state index in [-0.39, 0.29) is 11.4 Å². The van der Waals surface area contributed by atoms with Crippen molar-refractivity contribution in [2.24, 2.45) is 11.5 Å². The number of ether oxygens (including phenoxy) is 2. The highest BCUT2D eigenvalue weighted by Crippen LogP contribution is 2.34. The van der Waals surface area contributed by atoms with Crippen LogP contribution in [-0.2, 0) is 9.47 Å². The molecule has 0 bridgehead atoms. The van der Waals surface area contributed by atoms with Gasteiger partial charge in [-0.15, -0.1) is 0 Å². The molecule has 2 fully saturated rings. The SMILES string of the molecule is NC(=O)c1ncn([C@@H]2O[C@H](CO)[C@@H](O)[C@H]2O)c1O.NC(=O)c1ncn([C@@H]2O[C@H](CO)[C@@H](O)[C@H]2O)c1O. The second-order valence-electron chi connectivity index (χ2n) is 7.83. The summed E-state index contributed by atoms with van der Waals surface area (Å²) in [6, 6.07) is 0. The number of nitrogens with zero attached hydrogens (tertiary/aromatic N) is 4. The third-order valence-corrected chi connectivity index (χ3v) is 5.58. The molecule has 2 aromatic rings. The molecule has 0 unspecified atom stereocenters. The Balaban J connectivity index is 0.000000201. The molecular formula is C18H26N6O12. The van der Waals surface area contributed by atoms with Crippen molar-refractivity contribution in [2.75, 3.05) is 13.2 Å². The molecule has 2 aromatic heterocycles. The van der Waals surface area contributed by atoms with Crippen LogP contribution in [0.1, 0.15) is 33.4 Å². The Morgan fingerprint density at radius 2 is 1.08 bits per heavy atom. The summed E-state index contributed by atoms with van der Waals surface area (Å²) in [4.78, 5) is 29.0. The van der Waals surface area contributed by atoms with Gasteiger partial charge in [0.1, 0.15) is 49.3 Å². The van der Waals surface area contributed by atoms with Gasteiger partial charge in [0.2, 0.25) is 11.8 Å². The van der Waals surface area contributed by atoms with Gasteiger partial charge in [-0.05, 0) is 0 Å². The predicted octanol–water partition coefficient (Wildman–Crippen LogP) is -5.40. The molecule has 0 aliphatic carbocycles. The Hall–Kier alpha value is -3.36. The first kappa shape index (κ1) is 27.2. The largest absolute Gasteiger partial charge is 0.493 e. The fourth-order valence-electron chi connectivity index (χ4n) is 3.65. The minimum Gasteiger partial charge on any atom is -0.493 e. The van der Waals surface area contributed by atoms with Crippen LogP contribution in [0.3, 0.4) is 0 Å². The van der Waals surface area contributed by atoms with E-state index < -0.39 is 85.9 Å². The second-order valence-corrected chi connectivity index (χ2v) is 7.83. The van der Waals surface area contributed by atoms with Crippen molar-refractivity contribution < 1.29 is 59.9 Å². The molecule has 4 heterocycles. The average molecular weight is 518 g/mol. The molecule has 0 spiro atoms. The number of rotatable bonds is 6. The monoisotopic (exact) mass is 518 g/mol. The molecule has 18 heteroatoms. The molecule has 12 N–H and O–H groups in total. The first-order valence-electron chi connectivity index (χ1n) is 10.3. The highest BCUT2D eigenvalue weighted by Gasteiger charge is 2.45. The number of amides is 2. The Bertz CT molecular complexity index is 1010. The zero-order valence-corrected chi connectivity index (χ0v) is 18.3. The normalized spacial score (nSPS) is 31.7. The molecule has 2 saturated heterocycles. The smallest absolute Gasteiger partial charge is 0.272 e. The minimum atomic E-state index is -1.37. The highest BCUT2D eigenvalue weighted by molar-refractivity contribution is 5.93. The number of aromatic hydroxyl groups is 2. The first-order valence-corrected chi connectivity index (χ1v) is 10.3. The van der Waals surface area contributed by atoms with Crippen molar-refractivity contribution in [1.29, 1.82) is 0 Å². The summed E-state index contributed by atoms with van der Waals surface area (Å²) < 4.78 is 12.2. The van der Waals surface area contributed by atoms with Crippen LogP contribution in [-0.4, -0.2) is 122 Å². The van der Waals surface area contributed by atoms with Crippen LogP contribution in [0.25, 0.3) is 0 Å². The molecule has 0 radical (unpaired) electrons. The lowest BCUT2D eigenvalue weighted by Crippen LogP contribution is -2.33. The van der Waals surface area contributed by atoms with Crippen LogP contribution in [0.4, 0.5) is 0 Å². The standard InChI is InChI=1S/2C9H13N3O6/c2*10-7(16)4-8(17)12(2-11-4)9-6(15)5(14)3(1-13)18-9/h2*2-3,5-6,9,13-15,17H,1H2,(H2,10,16)/t2*3-,5-,6-,9-/m11/s1. The number of hydrogen-bond donors (Lipinski definition) is 10. The van der Waals surface area contributed by atoms with E-state index in [1.807, 2.05) is 0 Å². The van der Waals surface area contributed by atoms with Gasteiger partial charge in [0.15, 0.2) is 23.8 Å². The minimum absolute atomic E-state index is 0.368. The molecule has 8 atom stereocenters. The van der Waals surface area contributed by atoms with Gasteiger partial charge in [-0.2, -0.15) is 0 Å². The molecule has 36 heavy (non-hydrogen) atoms. The topological polar surface area (TPSA) is 302 Å². The molecule has 18 nitrogen and oxygen atoms in total. The van der Waals surface area contributed by atoms with Crippen molar-refractivity contribution in [1.82, 2.24) is 19.1 Å².